The van der Waals surface area contributed by atoms with E-state index in [0.717, 1.165) is 44.3 Å². The molecule has 18 heteroatoms. The fourth-order valence-corrected chi connectivity index (χ4v) is 6.91. The number of hydrogen-bond acceptors (Lipinski definition) is 16. The van der Waals surface area contributed by atoms with Crippen LogP contribution in [0.5, 0.6) is 34.5 Å². The first-order valence-corrected chi connectivity index (χ1v) is 21.9. The number of methoxy groups -OCH3 is 1. The lowest BCUT2D eigenvalue weighted by molar-refractivity contribution is 0.0600. The van der Waals surface area contributed by atoms with Crippen molar-refractivity contribution in [3.05, 3.63) is 204 Å². The van der Waals surface area contributed by atoms with Crippen LogP contribution in [-0.4, -0.2) is 64.3 Å². The molecule has 4 aromatic heterocycles. The molecule has 0 fully saturated rings. The third-order valence-corrected chi connectivity index (χ3v) is 10.5. The minimum Gasteiger partial charge on any atom is -0.489 e. The van der Waals surface area contributed by atoms with Crippen LogP contribution < -0.4 is 28.4 Å². The van der Waals surface area contributed by atoms with E-state index in [1.54, 1.807) is 18.2 Å². The van der Waals surface area contributed by atoms with Gasteiger partial charge in [-0.1, -0.05) is 84.9 Å². The molecule has 70 heavy (non-hydrogen) atoms. The van der Waals surface area contributed by atoms with Gasteiger partial charge in [0.05, 0.1) is 35.1 Å². The lowest BCUT2D eigenvalue weighted by atomic mass is 10.1. The highest BCUT2D eigenvalue weighted by Gasteiger charge is 2.14. The SMILES string of the molecule is COC(=O)c1ccc(COc2cccc(OCc3ccc4ccccc4n3)c2)c(OCc2nnn[nH]2)c1.c1cc(OCc2ccc3ccccc3n2)cc(OCc2ccccc2OCc2nnn[nH]2)c1. The van der Waals surface area contributed by atoms with E-state index in [9.17, 15) is 4.79 Å². The predicted octanol–water partition coefficient (Wildman–Crippen LogP) is 8.76. The van der Waals surface area contributed by atoms with Gasteiger partial charge in [-0.2, -0.15) is 0 Å². The van der Waals surface area contributed by atoms with E-state index in [0.29, 0.717) is 71.5 Å². The minimum absolute atomic E-state index is 0.0940. The summed E-state index contributed by atoms with van der Waals surface area (Å²) in [5.41, 5.74) is 5.58. The van der Waals surface area contributed by atoms with Gasteiger partial charge >= 0.3 is 5.97 Å². The summed E-state index contributed by atoms with van der Waals surface area (Å²) in [4.78, 5) is 21.3. The monoisotopic (exact) mass is 936 g/mol. The third kappa shape index (κ3) is 12.5. The standard InChI is InChI=1S/C27H23N5O5.C25H21N5O3/c1-34-27(33)19-9-10-20(25(13-19)37-17-26-29-31-32-30-26)15-35-22-6-4-7-23(14-22)36-16-21-12-11-18-5-2-3-8-24(18)28-21;1-3-10-23-18(6-1)12-13-20(26-23)16-32-22-9-5-8-21(14-22)31-15-19-7-2-4-11-24(19)33-17-25-27-29-30-28-25/h2-14H,15-17H2,1H3,(H,29,30,31,32);1-14H,15-17H2,(H,27,28,29,30). The molecule has 6 aromatic carbocycles. The molecule has 0 spiro atoms. The summed E-state index contributed by atoms with van der Waals surface area (Å²) in [5.74, 6) is 4.38. The maximum atomic E-state index is 12.0. The van der Waals surface area contributed by atoms with Gasteiger partial charge in [0.15, 0.2) is 11.6 Å². The van der Waals surface area contributed by atoms with Gasteiger partial charge in [0.1, 0.15) is 74.1 Å². The second-order valence-electron chi connectivity index (χ2n) is 15.3. The topological polar surface area (TPSA) is 216 Å². The number of H-pyrrole nitrogens is 2. The summed E-state index contributed by atoms with van der Waals surface area (Å²) in [5, 5.41) is 29.3. The van der Waals surface area contributed by atoms with Crippen molar-refractivity contribution in [1.82, 2.24) is 51.2 Å². The second-order valence-corrected chi connectivity index (χ2v) is 15.3. The van der Waals surface area contributed by atoms with Crippen molar-refractivity contribution in [2.45, 2.75) is 39.6 Å². The Kier molecular flexibility index (Phi) is 14.9. The number of tetrazole rings is 2. The van der Waals surface area contributed by atoms with Crippen LogP contribution in [0.25, 0.3) is 21.8 Å². The van der Waals surface area contributed by atoms with Gasteiger partial charge in [-0.15, -0.1) is 10.2 Å². The first-order valence-electron chi connectivity index (χ1n) is 21.9. The van der Waals surface area contributed by atoms with Gasteiger partial charge in [-0.25, -0.2) is 25.0 Å². The van der Waals surface area contributed by atoms with Crippen LogP contribution in [0.3, 0.4) is 0 Å². The second kappa shape index (κ2) is 22.8. The van der Waals surface area contributed by atoms with Gasteiger partial charge < -0.3 is 33.2 Å². The number of pyridine rings is 2. The number of nitrogens with zero attached hydrogens (tertiary/aromatic N) is 8. The number of carbonyl (C=O) groups excluding carboxylic acids is 1. The summed E-state index contributed by atoms with van der Waals surface area (Å²) in [6, 6.07) is 51.6. The number of ether oxygens (including phenoxy) is 7. The maximum absolute atomic E-state index is 12.0. The lowest BCUT2D eigenvalue weighted by Gasteiger charge is -2.14. The molecule has 0 aliphatic heterocycles. The van der Waals surface area contributed by atoms with E-state index in [1.165, 1.54) is 7.11 Å². The summed E-state index contributed by atoms with van der Waals surface area (Å²) in [6.07, 6.45) is 0. The fourth-order valence-electron chi connectivity index (χ4n) is 6.91. The number of rotatable bonds is 19. The molecule has 18 nitrogen and oxygen atoms in total. The Morgan fingerprint density at radius 3 is 1.46 bits per heavy atom. The average Bonchev–Trinajstić information content (AvgIpc) is 4.16. The van der Waals surface area contributed by atoms with Crippen LogP contribution in [-0.2, 0) is 44.4 Å². The molecule has 10 rings (SSSR count). The minimum atomic E-state index is -0.468. The van der Waals surface area contributed by atoms with Crippen molar-refractivity contribution < 1.29 is 38.0 Å². The predicted molar refractivity (Wildman–Crippen MR) is 255 cm³/mol. The van der Waals surface area contributed by atoms with Crippen molar-refractivity contribution in [2.24, 2.45) is 0 Å². The summed E-state index contributed by atoms with van der Waals surface area (Å²) in [7, 11) is 1.32. The van der Waals surface area contributed by atoms with Crippen molar-refractivity contribution >= 4 is 27.8 Å². The fraction of sp³-hybridized carbons (Fsp3) is 0.135. The first-order chi connectivity index (χ1) is 34.5. The zero-order chi connectivity index (χ0) is 47.7. The van der Waals surface area contributed by atoms with Crippen LogP contribution in [0.4, 0.5) is 0 Å². The Morgan fingerprint density at radius 1 is 0.443 bits per heavy atom. The quantitative estimate of drug-likeness (QED) is 0.0724. The van der Waals surface area contributed by atoms with Crippen LogP contribution in [0, 0.1) is 0 Å². The molecule has 0 radical (unpaired) electrons. The molecule has 2 N–H and O–H groups in total. The van der Waals surface area contributed by atoms with E-state index in [-0.39, 0.29) is 19.8 Å². The van der Waals surface area contributed by atoms with Gasteiger partial charge in [0.25, 0.3) is 0 Å². The first kappa shape index (κ1) is 45.7. The van der Waals surface area contributed by atoms with E-state index >= 15 is 0 Å². The zero-order valence-electron chi connectivity index (χ0n) is 37.7. The largest absolute Gasteiger partial charge is 0.489 e. The number of hydrogen-bond donors (Lipinski definition) is 2. The Bertz CT molecular complexity index is 3280. The van der Waals surface area contributed by atoms with E-state index < -0.39 is 5.97 Å². The number of fused-ring (bicyclic) bond motifs is 2. The molecule has 4 heterocycles. The van der Waals surface area contributed by atoms with Gasteiger partial charge in [-0.3, -0.25) is 0 Å². The molecule has 350 valence electrons. The number of benzene rings is 6. The van der Waals surface area contributed by atoms with Gasteiger partial charge in [0, 0.05) is 34.0 Å². The highest BCUT2D eigenvalue weighted by molar-refractivity contribution is 5.90. The highest BCUT2D eigenvalue weighted by Crippen LogP contribution is 2.28. The van der Waals surface area contributed by atoms with E-state index in [1.807, 2.05) is 140 Å². The van der Waals surface area contributed by atoms with Gasteiger partial charge in [0.2, 0.25) is 0 Å². The molecule has 10 aromatic rings. The number of carbonyl (C=O) groups is 1. The summed E-state index contributed by atoms with van der Waals surface area (Å²) < 4.78 is 40.4. The normalized spacial score (nSPS) is 10.8. The Hall–Kier alpha value is -9.45. The van der Waals surface area contributed by atoms with Crippen molar-refractivity contribution in [1.29, 1.82) is 0 Å². The molecule has 0 saturated carbocycles. The number of aromatic amines is 2. The molecule has 0 bridgehead atoms. The molecule has 0 unspecified atom stereocenters. The number of aromatic nitrogens is 10. The maximum Gasteiger partial charge on any atom is 0.337 e. The summed E-state index contributed by atoms with van der Waals surface area (Å²) >= 11 is 0. The van der Waals surface area contributed by atoms with Crippen LogP contribution in [0.1, 0.15) is 44.5 Å². The third-order valence-electron chi connectivity index (χ3n) is 10.5. The highest BCUT2D eigenvalue weighted by atomic mass is 16.5. The molecular formula is C52H44N10O8. The Morgan fingerprint density at radius 2 is 0.929 bits per heavy atom. The molecule has 0 saturated heterocycles. The van der Waals surface area contributed by atoms with E-state index in [2.05, 4.69) is 57.3 Å². The smallest absolute Gasteiger partial charge is 0.337 e. The van der Waals surface area contributed by atoms with Crippen LogP contribution in [0.15, 0.2) is 164 Å². The zero-order valence-corrected chi connectivity index (χ0v) is 37.7. The Balaban J connectivity index is 0.000000175. The molecule has 0 aliphatic rings. The average molecular weight is 937 g/mol. The lowest BCUT2D eigenvalue weighted by Crippen LogP contribution is -2.07. The number of esters is 1. The van der Waals surface area contributed by atoms with Gasteiger partial charge in [-0.05, 0) is 87.6 Å². The van der Waals surface area contributed by atoms with Crippen LogP contribution in [0.2, 0.25) is 0 Å². The van der Waals surface area contributed by atoms with Crippen LogP contribution >= 0.6 is 0 Å². The van der Waals surface area contributed by atoms with Crippen molar-refractivity contribution in [3.8, 4) is 34.5 Å². The van der Waals surface area contributed by atoms with Crippen molar-refractivity contribution in [2.75, 3.05) is 7.11 Å². The molecule has 0 atom stereocenters. The number of para-hydroxylation sites is 3. The van der Waals surface area contributed by atoms with Crippen molar-refractivity contribution in [3.63, 3.8) is 0 Å². The molecule has 0 amide bonds. The molecular weight excluding hydrogens is 893 g/mol. The molecule has 0 aliphatic carbocycles. The summed E-state index contributed by atoms with van der Waals surface area (Å²) in [6.45, 7) is 1.59. The number of nitrogens with one attached hydrogen (secondary N) is 2. The van der Waals surface area contributed by atoms with E-state index in [4.69, 9.17) is 33.2 Å². The Labute approximate surface area is 400 Å².